The van der Waals surface area contributed by atoms with Crippen molar-refractivity contribution >= 4 is 17.6 Å². The average Bonchev–Trinajstić information content (AvgIpc) is 3.08. The number of nitrogens with zero attached hydrogens (tertiary/aromatic N) is 2. The topological polar surface area (TPSA) is 44.1 Å². The van der Waals surface area contributed by atoms with Crippen LogP contribution in [0.3, 0.4) is 0 Å². The SMILES string of the molecule is O=C(Cc1ccc(-n2cccc2)cc1)OCc1ccnc(Cl)c1. The van der Waals surface area contributed by atoms with Gasteiger partial charge in [-0.1, -0.05) is 23.7 Å². The number of carbonyl (C=O) groups excluding carboxylic acids is 1. The number of carbonyl (C=O) groups is 1. The molecule has 1 aromatic carbocycles. The summed E-state index contributed by atoms with van der Waals surface area (Å²) in [7, 11) is 0. The highest BCUT2D eigenvalue weighted by atomic mass is 35.5. The molecule has 0 bridgehead atoms. The zero-order chi connectivity index (χ0) is 16.1. The molecule has 3 rings (SSSR count). The summed E-state index contributed by atoms with van der Waals surface area (Å²) < 4.78 is 7.27. The Kier molecular flexibility index (Phi) is 4.74. The maximum absolute atomic E-state index is 11.9. The molecular formula is C18H15ClN2O2. The first-order chi connectivity index (χ1) is 11.2. The van der Waals surface area contributed by atoms with Gasteiger partial charge in [-0.05, 0) is 47.5 Å². The number of esters is 1. The van der Waals surface area contributed by atoms with Crippen LogP contribution in [0.15, 0.2) is 67.1 Å². The van der Waals surface area contributed by atoms with Crippen LogP contribution in [0, 0.1) is 0 Å². The zero-order valence-electron chi connectivity index (χ0n) is 12.4. The molecule has 0 radical (unpaired) electrons. The van der Waals surface area contributed by atoms with E-state index in [1.54, 1.807) is 18.3 Å². The Balaban J connectivity index is 1.55. The van der Waals surface area contributed by atoms with Crippen LogP contribution < -0.4 is 0 Å². The second-order valence-corrected chi connectivity index (χ2v) is 5.47. The number of benzene rings is 1. The normalized spacial score (nSPS) is 10.5. The maximum atomic E-state index is 11.9. The molecule has 0 aliphatic rings. The first kappa shape index (κ1) is 15.3. The van der Waals surface area contributed by atoms with E-state index < -0.39 is 0 Å². The van der Waals surface area contributed by atoms with E-state index in [0.717, 1.165) is 16.8 Å². The molecule has 4 nitrogen and oxygen atoms in total. The second-order valence-electron chi connectivity index (χ2n) is 5.08. The van der Waals surface area contributed by atoms with E-state index in [9.17, 15) is 4.79 Å². The van der Waals surface area contributed by atoms with Gasteiger partial charge >= 0.3 is 5.97 Å². The van der Waals surface area contributed by atoms with Crippen LogP contribution in [0.2, 0.25) is 5.15 Å². The van der Waals surface area contributed by atoms with E-state index in [-0.39, 0.29) is 19.0 Å². The van der Waals surface area contributed by atoms with Crippen molar-refractivity contribution < 1.29 is 9.53 Å². The third-order valence-electron chi connectivity index (χ3n) is 3.38. The standard InChI is InChI=1S/C18H15ClN2O2/c19-17-11-15(7-8-20-17)13-23-18(22)12-14-3-5-16(6-4-14)21-9-1-2-10-21/h1-11H,12-13H2. The van der Waals surface area contributed by atoms with Gasteiger partial charge in [0.2, 0.25) is 0 Å². The molecule has 0 spiro atoms. The fourth-order valence-electron chi connectivity index (χ4n) is 2.21. The Morgan fingerprint density at radius 1 is 1.09 bits per heavy atom. The molecule has 2 heterocycles. The molecule has 0 atom stereocenters. The summed E-state index contributed by atoms with van der Waals surface area (Å²) in [5.41, 5.74) is 2.79. The summed E-state index contributed by atoms with van der Waals surface area (Å²) in [5, 5.41) is 0.388. The highest BCUT2D eigenvalue weighted by Gasteiger charge is 2.06. The molecule has 0 aliphatic carbocycles. The third-order valence-corrected chi connectivity index (χ3v) is 3.58. The van der Waals surface area contributed by atoms with Gasteiger partial charge in [0.05, 0.1) is 6.42 Å². The van der Waals surface area contributed by atoms with Crippen LogP contribution in [-0.4, -0.2) is 15.5 Å². The van der Waals surface area contributed by atoms with E-state index in [0.29, 0.717) is 5.15 Å². The number of rotatable bonds is 5. The van der Waals surface area contributed by atoms with Crippen molar-refractivity contribution in [2.45, 2.75) is 13.0 Å². The Morgan fingerprint density at radius 3 is 2.52 bits per heavy atom. The molecule has 0 amide bonds. The van der Waals surface area contributed by atoms with E-state index in [2.05, 4.69) is 4.98 Å². The van der Waals surface area contributed by atoms with Crippen LogP contribution in [0.4, 0.5) is 0 Å². The Hall–Kier alpha value is -2.59. The van der Waals surface area contributed by atoms with Crippen molar-refractivity contribution in [3.8, 4) is 5.69 Å². The molecule has 0 fully saturated rings. The summed E-state index contributed by atoms with van der Waals surface area (Å²) >= 11 is 5.79. The number of ether oxygens (including phenoxy) is 1. The third kappa shape index (κ3) is 4.20. The van der Waals surface area contributed by atoms with Crippen molar-refractivity contribution in [3.05, 3.63) is 83.4 Å². The predicted octanol–water partition coefficient (Wildman–Crippen LogP) is 3.81. The largest absolute Gasteiger partial charge is 0.461 e. The Morgan fingerprint density at radius 2 is 1.83 bits per heavy atom. The number of hydrogen-bond acceptors (Lipinski definition) is 3. The minimum atomic E-state index is -0.272. The zero-order valence-corrected chi connectivity index (χ0v) is 13.1. The quantitative estimate of drug-likeness (QED) is 0.529. The van der Waals surface area contributed by atoms with E-state index >= 15 is 0 Å². The van der Waals surface area contributed by atoms with Gasteiger partial charge in [0.25, 0.3) is 0 Å². The molecule has 23 heavy (non-hydrogen) atoms. The fourth-order valence-corrected chi connectivity index (χ4v) is 2.40. The lowest BCUT2D eigenvalue weighted by Crippen LogP contribution is -2.08. The summed E-state index contributed by atoms with van der Waals surface area (Å²) in [6, 6.07) is 15.2. The van der Waals surface area contributed by atoms with Crippen molar-refractivity contribution in [1.82, 2.24) is 9.55 Å². The molecule has 3 aromatic rings. The molecule has 0 saturated heterocycles. The minimum Gasteiger partial charge on any atom is -0.461 e. The molecule has 2 aromatic heterocycles. The van der Waals surface area contributed by atoms with Gasteiger partial charge in [0.15, 0.2) is 0 Å². The van der Waals surface area contributed by atoms with Crippen LogP contribution in [0.1, 0.15) is 11.1 Å². The number of pyridine rings is 1. The highest BCUT2D eigenvalue weighted by molar-refractivity contribution is 6.29. The lowest BCUT2D eigenvalue weighted by atomic mass is 10.1. The number of halogens is 1. The lowest BCUT2D eigenvalue weighted by molar-refractivity contribution is -0.144. The monoisotopic (exact) mass is 326 g/mol. The molecule has 116 valence electrons. The molecule has 0 saturated carbocycles. The maximum Gasteiger partial charge on any atom is 0.310 e. The van der Waals surface area contributed by atoms with Crippen molar-refractivity contribution in [1.29, 1.82) is 0 Å². The number of hydrogen-bond donors (Lipinski definition) is 0. The van der Waals surface area contributed by atoms with E-state index in [4.69, 9.17) is 16.3 Å². The molecule has 5 heteroatoms. The fraction of sp³-hybridized carbons (Fsp3) is 0.111. The van der Waals surface area contributed by atoms with Gasteiger partial charge in [-0.15, -0.1) is 0 Å². The van der Waals surface area contributed by atoms with Crippen LogP contribution in [0.5, 0.6) is 0 Å². The van der Waals surface area contributed by atoms with E-state index in [1.807, 2.05) is 53.4 Å². The predicted molar refractivity (Wildman–Crippen MR) is 88.5 cm³/mol. The van der Waals surface area contributed by atoms with Crippen LogP contribution in [0.25, 0.3) is 5.69 Å². The van der Waals surface area contributed by atoms with Gasteiger partial charge in [-0.3, -0.25) is 4.79 Å². The number of aromatic nitrogens is 2. The van der Waals surface area contributed by atoms with E-state index in [1.165, 1.54) is 0 Å². The lowest BCUT2D eigenvalue weighted by Gasteiger charge is -2.07. The second kappa shape index (κ2) is 7.11. The molecule has 0 unspecified atom stereocenters. The molecular weight excluding hydrogens is 312 g/mol. The summed E-state index contributed by atoms with van der Waals surface area (Å²) in [4.78, 5) is 15.8. The van der Waals surface area contributed by atoms with Crippen LogP contribution in [-0.2, 0) is 22.6 Å². The summed E-state index contributed by atoms with van der Waals surface area (Å²) in [6.45, 7) is 0.197. The van der Waals surface area contributed by atoms with Crippen molar-refractivity contribution in [3.63, 3.8) is 0 Å². The van der Waals surface area contributed by atoms with Gasteiger partial charge in [0.1, 0.15) is 11.8 Å². The van der Waals surface area contributed by atoms with Gasteiger partial charge in [0, 0.05) is 24.3 Å². The van der Waals surface area contributed by atoms with Gasteiger partial charge < -0.3 is 9.30 Å². The minimum absolute atomic E-state index is 0.197. The first-order valence-corrected chi connectivity index (χ1v) is 7.57. The average molecular weight is 327 g/mol. The van der Waals surface area contributed by atoms with Crippen LogP contribution >= 0.6 is 11.6 Å². The first-order valence-electron chi connectivity index (χ1n) is 7.19. The van der Waals surface area contributed by atoms with Crippen molar-refractivity contribution in [2.75, 3.05) is 0 Å². The summed E-state index contributed by atoms with van der Waals surface area (Å²) in [6.07, 6.45) is 5.78. The summed E-state index contributed by atoms with van der Waals surface area (Å²) in [5.74, 6) is -0.272. The Bertz CT molecular complexity index is 783. The highest BCUT2D eigenvalue weighted by Crippen LogP contribution is 2.12. The van der Waals surface area contributed by atoms with Crippen molar-refractivity contribution in [2.24, 2.45) is 0 Å². The Labute approximate surface area is 139 Å². The molecule has 0 aliphatic heterocycles. The molecule has 0 N–H and O–H groups in total. The van der Waals surface area contributed by atoms with Gasteiger partial charge in [-0.25, -0.2) is 4.98 Å². The smallest absolute Gasteiger partial charge is 0.310 e. The van der Waals surface area contributed by atoms with Gasteiger partial charge in [-0.2, -0.15) is 0 Å².